The summed E-state index contributed by atoms with van der Waals surface area (Å²) >= 11 is 0. The summed E-state index contributed by atoms with van der Waals surface area (Å²) in [6.45, 7) is 0. The van der Waals surface area contributed by atoms with Gasteiger partial charge in [-0.05, 0) is 18.4 Å². The second-order valence-electron chi connectivity index (χ2n) is 6.54. The van der Waals surface area contributed by atoms with Crippen LogP contribution >= 0.6 is 0 Å². The molecule has 3 aromatic rings. The van der Waals surface area contributed by atoms with E-state index in [4.69, 9.17) is 0 Å². The highest BCUT2D eigenvalue weighted by Gasteiger charge is 2.41. The smallest absolute Gasteiger partial charge is 0.0956 e. The van der Waals surface area contributed by atoms with Crippen molar-refractivity contribution in [1.29, 1.82) is 0 Å². The van der Waals surface area contributed by atoms with Crippen molar-refractivity contribution in [2.45, 2.75) is 25.0 Å². The van der Waals surface area contributed by atoms with Gasteiger partial charge in [0.2, 0.25) is 0 Å². The van der Waals surface area contributed by atoms with Gasteiger partial charge in [-0.3, -0.25) is 4.68 Å². The van der Waals surface area contributed by atoms with E-state index >= 15 is 0 Å². The monoisotopic (exact) mass is 306 g/mol. The number of rotatable bonds is 1. The first-order chi connectivity index (χ1) is 11.3. The lowest BCUT2D eigenvalue weighted by molar-refractivity contribution is 0.0713. The third-order valence-electron chi connectivity index (χ3n) is 5.46. The highest BCUT2D eigenvalue weighted by Crippen LogP contribution is 2.49. The predicted molar refractivity (Wildman–Crippen MR) is 85.8 cm³/mol. The Morgan fingerprint density at radius 2 is 2.04 bits per heavy atom. The van der Waals surface area contributed by atoms with Crippen molar-refractivity contribution >= 4 is 0 Å². The number of aliphatic hydroxyl groups is 1. The first-order valence-electron chi connectivity index (χ1n) is 8.05. The van der Waals surface area contributed by atoms with Crippen LogP contribution in [0.4, 0.5) is 0 Å². The Morgan fingerprint density at radius 3 is 2.96 bits per heavy atom. The molecule has 1 aliphatic heterocycles. The Kier molecular flexibility index (Phi) is 2.59. The Morgan fingerprint density at radius 1 is 1.17 bits per heavy atom. The minimum Gasteiger partial charge on any atom is -0.388 e. The van der Waals surface area contributed by atoms with Crippen LogP contribution in [-0.4, -0.2) is 24.4 Å². The molecule has 5 nitrogen and oxygen atoms in total. The minimum atomic E-state index is -0.487. The van der Waals surface area contributed by atoms with Crippen LogP contribution in [-0.2, 0) is 13.5 Å². The maximum Gasteiger partial charge on any atom is 0.0956 e. The van der Waals surface area contributed by atoms with Crippen molar-refractivity contribution in [3.05, 3.63) is 59.8 Å². The molecule has 3 atom stereocenters. The fourth-order valence-corrected chi connectivity index (χ4v) is 4.37. The summed E-state index contributed by atoms with van der Waals surface area (Å²) in [5, 5.41) is 15.3. The lowest BCUT2D eigenvalue weighted by atomic mass is 9.78. The van der Waals surface area contributed by atoms with Gasteiger partial charge in [0.25, 0.3) is 0 Å². The third-order valence-corrected chi connectivity index (χ3v) is 5.46. The van der Waals surface area contributed by atoms with Gasteiger partial charge < -0.3 is 9.67 Å². The molecule has 0 spiro atoms. The van der Waals surface area contributed by atoms with Gasteiger partial charge >= 0.3 is 0 Å². The standard InChI is InChI=1S/C18H18N4O/c1-21-15-7-6-13(18(23)14(15)8-20-21)17-12-5-3-2-4-11(12)16-9-19-10-22(16)17/h2-5,8-10,13,17-18,23H,6-7H2,1H3/t13-,17+,18?/m1/s1. The molecule has 0 fully saturated rings. The van der Waals surface area contributed by atoms with Crippen LogP contribution in [0.15, 0.2) is 43.0 Å². The molecule has 0 bridgehead atoms. The largest absolute Gasteiger partial charge is 0.388 e. The van der Waals surface area contributed by atoms with Gasteiger partial charge in [0.15, 0.2) is 0 Å². The second kappa shape index (κ2) is 4.55. The molecule has 5 heteroatoms. The van der Waals surface area contributed by atoms with Crippen molar-refractivity contribution in [2.24, 2.45) is 13.0 Å². The van der Waals surface area contributed by atoms with Gasteiger partial charge in [-0.15, -0.1) is 0 Å². The summed E-state index contributed by atoms with van der Waals surface area (Å²) in [7, 11) is 1.95. The van der Waals surface area contributed by atoms with Gasteiger partial charge in [-0.25, -0.2) is 4.98 Å². The van der Waals surface area contributed by atoms with Crippen molar-refractivity contribution in [3.63, 3.8) is 0 Å². The Balaban J connectivity index is 1.63. The van der Waals surface area contributed by atoms with E-state index in [0.29, 0.717) is 0 Å². The molecule has 116 valence electrons. The van der Waals surface area contributed by atoms with E-state index in [0.717, 1.165) is 29.8 Å². The van der Waals surface area contributed by atoms with E-state index in [2.05, 4.69) is 38.9 Å². The van der Waals surface area contributed by atoms with Gasteiger partial charge in [0, 0.05) is 29.8 Å². The molecule has 5 rings (SSSR count). The quantitative estimate of drug-likeness (QED) is 0.751. The Labute approximate surface area is 134 Å². The number of hydrogen-bond acceptors (Lipinski definition) is 3. The first kappa shape index (κ1) is 13.1. The van der Waals surface area contributed by atoms with Crippen molar-refractivity contribution < 1.29 is 5.11 Å². The molecule has 1 N–H and O–H groups in total. The van der Waals surface area contributed by atoms with Crippen LogP contribution in [0, 0.1) is 5.92 Å². The molecule has 0 saturated heterocycles. The summed E-state index contributed by atoms with van der Waals surface area (Å²) in [5.74, 6) is 0.142. The zero-order valence-corrected chi connectivity index (χ0v) is 12.9. The number of hydrogen-bond donors (Lipinski definition) is 1. The molecule has 3 heterocycles. The van der Waals surface area contributed by atoms with Crippen LogP contribution in [0.2, 0.25) is 0 Å². The summed E-state index contributed by atoms with van der Waals surface area (Å²) in [6, 6.07) is 8.62. The molecular formula is C18H18N4O. The maximum atomic E-state index is 11.0. The number of fused-ring (bicyclic) bond motifs is 4. The number of nitrogens with zero attached hydrogens (tertiary/aromatic N) is 4. The maximum absolute atomic E-state index is 11.0. The normalized spacial score (nSPS) is 25.0. The van der Waals surface area contributed by atoms with E-state index in [1.807, 2.05) is 30.5 Å². The van der Waals surface area contributed by atoms with Gasteiger partial charge in [-0.2, -0.15) is 5.10 Å². The Hall–Kier alpha value is -2.40. The van der Waals surface area contributed by atoms with Gasteiger partial charge in [-0.1, -0.05) is 24.3 Å². The first-order valence-corrected chi connectivity index (χ1v) is 8.05. The molecule has 1 aromatic carbocycles. The predicted octanol–water partition coefficient (Wildman–Crippen LogP) is 2.48. The molecule has 2 aliphatic rings. The van der Waals surface area contributed by atoms with E-state index in [-0.39, 0.29) is 12.0 Å². The van der Waals surface area contributed by atoms with Crippen molar-refractivity contribution in [2.75, 3.05) is 0 Å². The van der Waals surface area contributed by atoms with E-state index < -0.39 is 6.10 Å². The van der Waals surface area contributed by atoms with Crippen LogP contribution in [0.5, 0.6) is 0 Å². The van der Waals surface area contributed by atoms with Crippen LogP contribution in [0.3, 0.4) is 0 Å². The SMILES string of the molecule is Cn1ncc2c1CC[C@H]([C@@H]1c3ccccc3-c3cncn31)C2O. The molecule has 0 amide bonds. The van der Waals surface area contributed by atoms with Crippen molar-refractivity contribution in [3.8, 4) is 11.3 Å². The lowest BCUT2D eigenvalue weighted by Crippen LogP contribution is -2.28. The summed E-state index contributed by atoms with van der Waals surface area (Å²) in [4.78, 5) is 4.33. The zero-order chi connectivity index (χ0) is 15.6. The molecule has 1 aliphatic carbocycles. The second-order valence-corrected chi connectivity index (χ2v) is 6.54. The molecule has 0 saturated carbocycles. The third kappa shape index (κ3) is 1.65. The fourth-order valence-electron chi connectivity index (χ4n) is 4.37. The average molecular weight is 306 g/mol. The summed E-state index contributed by atoms with van der Waals surface area (Å²) in [5.41, 5.74) is 5.82. The lowest BCUT2D eigenvalue weighted by Gasteiger charge is -2.33. The number of aryl methyl sites for hydroxylation is 1. The zero-order valence-electron chi connectivity index (χ0n) is 12.9. The van der Waals surface area contributed by atoms with E-state index in [1.54, 1.807) is 0 Å². The number of aliphatic hydroxyl groups excluding tert-OH is 1. The molecular weight excluding hydrogens is 288 g/mol. The molecule has 23 heavy (non-hydrogen) atoms. The fraction of sp³-hybridized carbons (Fsp3) is 0.333. The van der Waals surface area contributed by atoms with Gasteiger partial charge in [0.1, 0.15) is 0 Å². The topological polar surface area (TPSA) is 55.9 Å². The highest BCUT2D eigenvalue weighted by molar-refractivity contribution is 5.69. The summed E-state index contributed by atoms with van der Waals surface area (Å²) < 4.78 is 4.11. The van der Waals surface area contributed by atoms with Gasteiger partial charge in [0.05, 0.1) is 36.6 Å². The van der Waals surface area contributed by atoms with E-state index in [1.165, 1.54) is 11.1 Å². The molecule has 0 radical (unpaired) electrons. The molecule has 1 unspecified atom stereocenters. The van der Waals surface area contributed by atoms with Crippen molar-refractivity contribution in [1.82, 2.24) is 19.3 Å². The molecule has 2 aromatic heterocycles. The average Bonchev–Trinajstić information content (AvgIpc) is 3.24. The number of benzene rings is 1. The van der Waals surface area contributed by atoms with Crippen LogP contribution in [0.25, 0.3) is 11.3 Å². The number of aromatic nitrogens is 4. The Bertz CT molecular complexity index is 894. The number of imidazole rings is 1. The summed E-state index contributed by atoms with van der Waals surface area (Å²) in [6.07, 6.45) is 7.05. The highest BCUT2D eigenvalue weighted by atomic mass is 16.3. The van der Waals surface area contributed by atoms with Crippen LogP contribution < -0.4 is 0 Å². The van der Waals surface area contributed by atoms with E-state index in [9.17, 15) is 5.11 Å². The minimum absolute atomic E-state index is 0.142. The van der Waals surface area contributed by atoms with Crippen LogP contribution in [0.1, 0.15) is 35.4 Å².